The molecule has 0 bridgehead atoms. The molecule has 0 atom stereocenters. The molecule has 2 amide bonds. The summed E-state index contributed by atoms with van der Waals surface area (Å²) in [7, 11) is 1.50. The van der Waals surface area contributed by atoms with Crippen LogP contribution in [0.4, 0.5) is 18.0 Å². The van der Waals surface area contributed by atoms with E-state index in [4.69, 9.17) is 0 Å². The topological polar surface area (TPSA) is 35.6 Å². The second-order valence-electron chi connectivity index (χ2n) is 3.43. The number of carbonyl (C=O) groups excluding carboxylic acids is 1. The first kappa shape index (κ1) is 16.0. The van der Waals surface area contributed by atoms with Gasteiger partial charge in [0.2, 0.25) is 0 Å². The van der Waals surface area contributed by atoms with Gasteiger partial charge in [-0.05, 0) is 0 Å². The number of hydrogen-bond donors (Lipinski definition) is 1. The van der Waals surface area contributed by atoms with Gasteiger partial charge in [0.1, 0.15) is 0 Å². The molecule has 1 rings (SSSR count). The summed E-state index contributed by atoms with van der Waals surface area (Å²) in [6.07, 6.45) is -4.16. The Bertz CT molecular complexity index is 225. The van der Waals surface area contributed by atoms with Crippen LogP contribution in [0.1, 0.15) is 13.8 Å². The van der Waals surface area contributed by atoms with Crippen LogP contribution in [0.3, 0.4) is 0 Å². The van der Waals surface area contributed by atoms with Crippen LogP contribution in [0, 0.1) is 0 Å². The first-order valence-corrected chi connectivity index (χ1v) is 5.68. The number of piperazine rings is 1. The highest BCUT2D eigenvalue weighted by molar-refractivity contribution is 5.73. The second-order valence-corrected chi connectivity index (χ2v) is 3.43. The predicted molar refractivity (Wildman–Crippen MR) is 59.9 cm³/mol. The van der Waals surface area contributed by atoms with Gasteiger partial charge in [-0.1, -0.05) is 13.8 Å². The number of nitrogens with zero attached hydrogens (tertiary/aromatic N) is 2. The maximum absolute atomic E-state index is 12.0. The lowest BCUT2D eigenvalue weighted by Gasteiger charge is -2.34. The number of nitrogens with one attached hydrogen (secondary N) is 1. The number of hydrogen-bond acceptors (Lipinski definition) is 2. The third kappa shape index (κ3) is 6.35. The molecule has 1 fully saturated rings. The summed E-state index contributed by atoms with van der Waals surface area (Å²) in [5.74, 6) is 0. The van der Waals surface area contributed by atoms with Gasteiger partial charge in [0.15, 0.2) is 0 Å². The molecule has 0 aromatic heterocycles. The van der Waals surface area contributed by atoms with Gasteiger partial charge < -0.3 is 10.2 Å². The number of halogens is 3. The van der Waals surface area contributed by atoms with E-state index in [1.54, 1.807) is 0 Å². The monoisotopic (exact) mass is 255 g/mol. The Morgan fingerprint density at radius 2 is 1.65 bits per heavy atom. The van der Waals surface area contributed by atoms with E-state index < -0.39 is 12.7 Å². The SMILES string of the molecule is CC.CNC(=O)N1CCN(CC(F)(F)F)CC1. The molecule has 1 heterocycles. The van der Waals surface area contributed by atoms with Crippen molar-refractivity contribution in [3.63, 3.8) is 0 Å². The molecule has 17 heavy (non-hydrogen) atoms. The van der Waals surface area contributed by atoms with Gasteiger partial charge in [-0.2, -0.15) is 13.2 Å². The third-order valence-corrected chi connectivity index (χ3v) is 2.28. The average Bonchev–Trinajstić information content (AvgIpc) is 2.29. The Morgan fingerprint density at radius 1 is 1.18 bits per heavy atom. The molecule has 1 N–H and O–H groups in total. The largest absolute Gasteiger partial charge is 0.401 e. The second kappa shape index (κ2) is 7.37. The number of alkyl halides is 3. The van der Waals surface area contributed by atoms with Crippen molar-refractivity contribution in [3.8, 4) is 0 Å². The number of rotatable bonds is 1. The van der Waals surface area contributed by atoms with E-state index in [9.17, 15) is 18.0 Å². The summed E-state index contributed by atoms with van der Waals surface area (Å²) >= 11 is 0. The van der Waals surface area contributed by atoms with Crippen LogP contribution >= 0.6 is 0 Å². The van der Waals surface area contributed by atoms with Crippen LogP contribution < -0.4 is 5.32 Å². The van der Waals surface area contributed by atoms with Crippen LogP contribution in [-0.2, 0) is 0 Å². The van der Waals surface area contributed by atoms with Gasteiger partial charge in [0.05, 0.1) is 6.54 Å². The van der Waals surface area contributed by atoms with Gasteiger partial charge in [-0.3, -0.25) is 4.90 Å². The first-order valence-electron chi connectivity index (χ1n) is 5.68. The van der Waals surface area contributed by atoms with E-state index in [1.807, 2.05) is 13.8 Å². The fourth-order valence-electron chi connectivity index (χ4n) is 1.52. The number of amides is 2. The Kier molecular flexibility index (Phi) is 6.94. The minimum absolute atomic E-state index is 0.235. The van der Waals surface area contributed by atoms with Crippen molar-refractivity contribution in [2.24, 2.45) is 0 Å². The molecule has 1 aliphatic rings. The molecule has 1 aliphatic heterocycles. The van der Waals surface area contributed by atoms with Crippen LogP contribution in [0.25, 0.3) is 0 Å². The Morgan fingerprint density at radius 3 is 2.00 bits per heavy atom. The third-order valence-electron chi connectivity index (χ3n) is 2.28. The van der Waals surface area contributed by atoms with Crippen molar-refractivity contribution in [1.29, 1.82) is 0 Å². The molecule has 1 saturated heterocycles. The highest BCUT2D eigenvalue weighted by atomic mass is 19.4. The molecule has 0 unspecified atom stereocenters. The zero-order valence-corrected chi connectivity index (χ0v) is 10.5. The quantitative estimate of drug-likeness (QED) is 0.771. The summed E-state index contributed by atoms with van der Waals surface area (Å²) in [6.45, 7) is 4.33. The van der Waals surface area contributed by atoms with Crippen molar-refractivity contribution in [2.75, 3.05) is 39.8 Å². The van der Waals surface area contributed by atoms with Crippen LogP contribution in [0.15, 0.2) is 0 Å². The summed E-state index contributed by atoms with van der Waals surface area (Å²) < 4.78 is 36.1. The molecule has 0 aromatic rings. The Labute approximate surface area is 99.8 Å². The van der Waals surface area contributed by atoms with Gasteiger partial charge in [-0.25, -0.2) is 4.79 Å². The van der Waals surface area contributed by atoms with Crippen molar-refractivity contribution in [2.45, 2.75) is 20.0 Å². The van der Waals surface area contributed by atoms with Crippen LogP contribution in [0.2, 0.25) is 0 Å². The predicted octanol–water partition coefficient (Wildman–Crippen LogP) is 1.53. The lowest BCUT2D eigenvalue weighted by Crippen LogP contribution is -2.52. The maximum Gasteiger partial charge on any atom is 0.401 e. The molecular formula is C10H20F3N3O. The van der Waals surface area contributed by atoms with E-state index in [2.05, 4.69) is 5.32 Å². The average molecular weight is 255 g/mol. The number of urea groups is 1. The van der Waals surface area contributed by atoms with Crippen molar-refractivity contribution < 1.29 is 18.0 Å². The Balaban J connectivity index is 0.00000121. The fourth-order valence-corrected chi connectivity index (χ4v) is 1.52. The normalized spacial score (nSPS) is 17.2. The first-order chi connectivity index (χ1) is 7.92. The van der Waals surface area contributed by atoms with Gasteiger partial charge >= 0.3 is 12.2 Å². The maximum atomic E-state index is 12.0. The van der Waals surface area contributed by atoms with E-state index in [-0.39, 0.29) is 19.1 Å². The molecule has 0 saturated carbocycles. The van der Waals surface area contributed by atoms with E-state index in [0.29, 0.717) is 13.1 Å². The molecule has 4 nitrogen and oxygen atoms in total. The molecule has 0 aliphatic carbocycles. The summed E-state index contributed by atoms with van der Waals surface area (Å²) in [5.41, 5.74) is 0. The van der Waals surface area contributed by atoms with Crippen molar-refractivity contribution in [1.82, 2.24) is 15.1 Å². The lowest BCUT2D eigenvalue weighted by molar-refractivity contribution is -0.148. The van der Waals surface area contributed by atoms with E-state index in [0.717, 1.165) is 0 Å². The lowest BCUT2D eigenvalue weighted by atomic mass is 10.3. The zero-order chi connectivity index (χ0) is 13.5. The van der Waals surface area contributed by atoms with Gasteiger partial charge in [0, 0.05) is 33.2 Å². The minimum Gasteiger partial charge on any atom is -0.341 e. The van der Waals surface area contributed by atoms with Crippen molar-refractivity contribution >= 4 is 6.03 Å². The highest BCUT2D eigenvalue weighted by Gasteiger charge is 2.32. The number of carbonyl (C=O) groups is 1. The zero-order valence-electron chi connectivity index (χ0n) is 10.5. The summed E-state index contributed by atoms with van der Waals surface area (Å²) in [5, 5.41) is 2.44. The summed E-state index contributed by atoms with van der Waals surface area (Å²) in [6, 6.07) is -0.235. The van der Waals surface area contributed by atoms with Crippen LogP contribution in [-0.4, -0.2) is 61.8 Å². The summed E-state index contributed by atoms with van der Waals surface area (Å²) in [4.78, 5) is 13.9. The molecule has 0 aromatic carbocycles. The smallest absolute Gasteiger partial charge is 0.341 e. The van der Waals surface area contributed by atoms with Crippen LogP contribution in [0.5, 0.6) is 0 Å². The Hall–Kier alpha value is -0.980. The molecule has 7 heteroatoms. The van der Waals surface area contributed by atoms with E-state index in [1.165, 1.54) is 16.8 Å². The molecular weight excluding hydrogens is 235 g/mol. The van der Waals surface area contributed by atoms with Gasteiger partial charge in [-0.15, -0.1) is 0 Å². The highest BCUT2D eigenvalue weighted by Crippen LogP contribution is 2.17. The molecule has 0 radical (unpaired) electrons. The van der Waals surface area contributed by atoms with Gasteiger partial charge in [0.25, 0.3) is 0 Å². The van der Waals surface area contributed by atoms with Crippen molar-refractivity contribution in [3.05, 3.63) is 0 Å². The van der Waals surface area contributed by atoms with E-state index >= 15 is 0 Å². The standard InChI is InChI=1S/C8H14F3N3O.C2H6/c1-12-7(15)14-4-2-13(3-5-14)6-8(9,10)11;1-2/h2-6H2,1H3,(H,12,15);1-2H3. The molecule has 0 spiro atoms. The molecule has 102 valence electrons. The minimum atomic E-state index is -4.16. The fraction of sp³-hybridized carbons (Fsp3) is 0.900.